The molecule has 1 aromatic rings. The highest BCUT2D eigenvalue weighted by Crippen LogP contribution is 2.33. The highest BCUT2D eigenvalue weighted by molar-refractivity contribution is 9.10. The molecule has 1 nitrogen and oxygen atoms in total. The van der Waals surface area contributed by atoms with E-state index >= 15 is 0 Å². The van der Waals surface area contributed by atoms with Gasteiger partial charge in [0, 0.05) is 15.5 Å². The van der Waals surface area contributed by atoms with E-state index in [0.717, 1.165) is 27.0 Å². The van der Waals surface area contributed by atoms with Crippen molar-refractivity contribution in [3.8, 4) is 0 Å². The highest BCUT2D eigenvalue weighted by Gasteiger charge is 2.25. The quantitative estimate of drug-likeness (QED) is 0.776. The summed E-state index contributed by atoms with van der Waals surface area (Å²) in [6.07, 6.45) is 3.92. The van der Waals surface area contributed by atoms with E-state index in [9.17, 15) is 0 Å². The molecule has 1 aliphatic carbocycles. The molecule has 17 heavy (non-hydrogen) atoms. The maximum atomic E-state index is 6.04. The summed E-state index contributed by atoms with van der Waals surface area (Å²) in [5.74, 6) is 1.55. The Morgan fingerprint density at radius 3 is 2.82 bits per heavy atom. The van der Waals surface area contributed by atoms with Crippen molar-refractivity contribution in [3.05, 3.63) is 27.7 Å². The molecular formula is C14H19BrClN. The molecule has 3 heteroatoms. The molecule has 0 heterocycles. The molecule has 0 radical (unpaired) electrons. The normalized spacial score (nSPS) is 29.1. The molecule has 1 saturated carbocycles. The largest absolute Gasteiger partial charge is 0.381 e. The van der Waals surface area contributed by atoms with E-state index in [2.05, 4.69) is 35.1 Å². The Morgan fingerprint density at radius 1 is 1.29 bits per heavy atom. The second kappa shape index (κ2) is 5.62. The van der Waals surface area contributed by atoms with Gasteiger partial charge in [0.15, 0.2) is 0 Å². The van der Waals surface area contributed by atoms with Gasteiger partial charge in [0.05, 0.1) is 5.69 Å². The zero-order chi connectivity index (χ0) is 12.4. The molecule has 1 fully saturated rings. The van der Waals surface area contributed by atoms with Gasteiger partial charge in [-0.05, 0) is 58.8 Å². The molecule has 0 bridgehead atoms. The fraction of sp³-hybridized carbons (Fsp3) is 0.571. The second-order valence-corrected chi connectivity index (χ2v) is 6.56. The van der Waals surface area contributed by atoms with Crippen LogP contribution < -0.4 is 5.32 Å². The molecule has 0 aromatic heterocycles. The first-order valence-electron chi connectivity index (χ1n) is 6.28. The number of anilines is 1. The van der Waals surface area contributed by atoms with Crippen molar-refractivity contribution >= 4 is 33.2 Å². The molecule has 3 unspecified atom stereocenters. The molecule has 1 N–H and O–H groups in total. The van der Waals surface area contributed by atoms with Crippen LogP contribution in [0.3, 0.4) is 0 Å². The molecule has 94 valence electrons. The first-order valence-corrected chi connectivity index (χ1v) is 7.45. The zero-order valence-corrected chi connectivity index (χ0v) is 12.7. The van der Waals surface area contributed by atoms with Crippen molar-refractivity contribution in [3.63, 3.8) is 0 Å². The summed E-state index contributed by atoms with van der Waals surface area (Å²) in [6.45, 7) is 4.68. The molecule has 3 atom stereocenters. The van der Waals surface area contributed by atoms with Crippen LogP contribution in [-0.4, -0.2) is 6.04 Å². The maximum absolute atomic E-state index is 6.04. The van der Waals surface area contributed by atoms with E-state index in [4.69, 9.17) is 11.6 Å². The molecule has 1 aliphatic rings. The van der Waals surface area contributed by atoms with Crippen LogP contribution >= 0.6 is 27.5 Å². The predicted molar refractivity (Wildman–Crippen MR) is 78.7 cm³/mol. The molecule has 0 aliphatic heterocycles. The summed E-state index contributed by atoms with van der Waals surface area (Å²) in [7, 11) is 0. The third-order valence-electron chi connectivity index (χ3n) is 3.73. The van der Waals surface area contributed by atoms with Crippen molar-refractivity contribution in [2.24, 2.45) is 11.8 Å². The van der Waals surface area contributed by atoms with Crippen molar-refractivity contribution in [2.45, 2.75) is 39.2 Å². The van der Waals surface area contributed by atoms with Crippen LogP contribution in [0.5, 0.6) is 0 Å². The molecule has 0 saturated heterocycles. The van der Waals surface area contributed by atoms with E-state index in [0.29, 0.717) is 6.04 Å². The predicted octanol–water partition coefficient (Wildman–Crippen LogP) is 5.34. The summed E-state index contributed by atoms with van der Waals surface area (Å²) >= 11 is 9.61. The fourth-order valence-electron chi connectivity index (χ4n) is 2.54. The van der Waals surface area contributed by atoms with Crippen molar-refractivity contribution in [1.82, 2.24) is 0 Å². The number of nitrogens with one attached hydrogen (secondary N) is 1. The van der Waals surface area contributed by atoms with Gasteiger partial charge >= 0.3 is 0 Å². The van der Waals surface area contributed by atoms with E-state index in [1.165, 1.54) is 19.3 Å². The lowest BCUT2D eigenvalue weighted by Crippen LogP contribution is -2.33. The van der Waals surface area contributed by atoms with Gasteiger partial charge in [-0.25, -0.2) is 0 Å². The van der Waals surface area contributed by atoms with Crippen LogP contribution in [0.4, 0.5) is 5.69 Å². The maximum Gasteiger partial charge on any atom is 0.0501 e. The van der Waals surface area contributed by atoms with E-state index < -0.39 is 0 Å². The lowest BCUT2D eigenvalue weighted by molar-refractivity contribution is 0.280. The topological polar surface area (TPSA) is 12.0 Å². The smallest absolute Gasteiger partial charge is 0.0501 e. The highest BCUT2D eigenvalue weighted by atomic mass is 79.9. The van der Waals surface area contributed by atoms with Crippen LogP contribution in [0.2, 0.25) is 5.02 Å². The SMILES string of the molecule is CC1CCC(C)C(Nc2cc(Cl)ccc2Br)C1. The Labute approximate surface area is 117 Å². The number of halogens is 2. The third kappa shape index (κ3) is 3.38. The van der Waals surface area contributed by atoms with Crippen LogP contribution in [-0.2, 0) is 0 Å². The minimum absolute atomic E-state index is 0.563. The molecule has 0 amide bonds. The van der Waals surface area contributed by atoms with Gasteiger partial charge in [-0.2, -0.15) is 0 Å². The van der Waals surface area contributed by atoms with E-state index in [1.807, 2.05) is 18.2 Å². The second-order valence-electron chi connectivity index (χ2n) is 5.27. The molecule has 0 spiro atoms. The minimum atomic E-state index is 0.563. The summed E-state index contributed by atoms with van der Waals surface area (Å²) in [4.78, 5) is 0. The van der Waals surface area contributed by atoms with Crippen LogP contribution in [0.1, 0.15) is 33.1 Å². The Kier molecular flexibility index (Phi) is 4.37. The average Bonchev–Trinajstić information content (AvgIpc) is 2.28. The van der Waals surface area contributed by atoms with E-state index in [1.54, 1.807) is 0 Å². The van der Waals surface area contributed by atoms with Gasteiger partial charge in [-0.1, -0.05) is 31.9 Å². The van der Waals surface area contributed by atoms with Gasteiger partial charge in [-0.3, -0.25) is 0 Å². The van der Waals surface area contributed by atoms with Crippen molar-refractivity contribution < 1.29 is 0 Å². The fourth-order valence-corrected chi connectivity index (χ4v) is 3.07. The summed E-state index contributed by atoms with van der Waals surface area (Å²) < 4.78 is 1.09. The van der Waals surface area contributed by atoms with Gasteiger partial charge in [0.2, 0.25) is 0 Å². The van der Waals surface area contributed by atoms with Gasteiger partial charge in [0.1, 0.15) is 0 Å². The minimum Gasteiger partial charge on any atom is -0.381 e. The summed E-state index contributed by atoms with van der Waals surface area (Å²) in [6, 6.07) is 6.47. The summed E-state index contributed by atoms with van der Waals surface area (Å²) in [5, 5.41) is 4.42. The number of rotatable bonds is 2. The van der Waals surface area contributed by atoms with Crippen molar-refractivity contribution in [2.75, 3.05) is 5.32 Å². The molecule has 1 aromatic carbocycles. The standard InChI is InChI=1S/C14H19BrClN/c1-9-3-4-10(2)13(7-9)17-14-8-11(16)5-6-12(14)15/h5-6,8-10,13,17H,3-4,7H2,1-2H3. The van der Waals surface area contributed by atoms with Crippen LogP contribution in [0, 0.1) is 11.8 Å². The van der Waals surface area contributed by atoms with Gasteiger partial charge in [0.25, 0.3) is 0 Å². The third-order valence-corrected chi connectivity index (χ3v) is 4.65. The number of hydrogen-bond acceptors (Lipinski definition) is 1. The Balaban J connectivity index is 2.11. The Bertz CT molecular complexity index is 394. The molecular weight excluding hydrogens is 298 g/mol. The first kappa shape index (κ1) is 13.2. The van der Waals surface area contributed by atoms with Crippen molar-refractivity contribution in [1.29, 1.82) is 0 Å². The Morgan fingerprint density at radius 2 is 2.06 bits per heavy atom. The Hall–Kier alpha value is -0.210. The van der Waals surface area contributed by atoms with Gasteiger partial charge < -0.3 is 5.32 Å². The number of benzene rings is 1. The average molecular weight is 317 g/mol. The van der Waals surface area contributed by atoms with Crippen LogP contribution in [0.15, 0.2) is 22.7 Å². The van der Waals surface area contributed by atoms with Crippen LogP contribution in [0.25, 0.3) is 0 Å². The first-order chi connectivity index (χ1) is 8.06. The molecule has 2 rings (SSSR count). The van der Waals surface area contributed by atoms with Gasteiger partial charge in [-0.15, -0.1) is 0 Å². The monoisotopic (exact) mass is 315 g/mol. The summed E-state index contributed by atoms with van der Waals surface area (Å²) in [5.41, 5.74) is 1.11. The lowest BCUT2D eigenvalue weighted by atomic mass is 9.80. The lowest BCUT2D eigenvalue weighted by Gasteiger charge is -2.34. The number of hydrogen-bond donors (Lipinski definition) is 1. The zero-order valence-electron chi connectivity index (χ0n) is 10.3. The van der Waals surface area contributed by atoms with E-state index in [-0.39, 0.29) is 0 Å².